The van der Waals surface area contributed by atoms with Crippen molar-refractivity contribution in [3.63, 3.8) is 0 Å². The highest BCUT2D eigenvalue weighted by Crippen LogP contribution is 2.21. The highest BCUT2D eigenvalue weighted by molar-refractivity contribution is 5.97. The lowest BCUT2D eigenvalue weighted by Gasteiger charge is -2.10. The van der Waals surface area contributed by atoms with E-state index in [1.54, 1.807) is 6.07 Å². The summed E-state index contributed by atoms with van der Waals surface area (Å²) in [7, 11) is 2.92. The van der Waals surface area contributed by atoms with Crippen LogP contribution in [-0.4, -0.2) is 20.1 Å². The summed E-state index contributed by atoms with van der Waals surface area (Å²) in [5, 5.41) is 0. The van der Waals surface area contributed by atoms with Crippen molar-refractivity contribution in [1.29, 1.82) is 0 Å². The number of ether oxygens (including phenoxy) is 1. The van der Waals surface area contributed by atoms with Crippen molar-refractivity contribution in [3.05, 3.63) is 29.3 Å². The lowest BCUT2D eigenvalue weighted by molar-refractivity contribution is 0.0534. The largest absolute Gasteiger partial charge is 0.496 e. The maximum Gasteiger partial charge on any atom is 0.278 e. The second-order valence-electron chi connectivity index (χ2n) is 2.79. The lowest BCUT2D eigenvalue weighted by atomic mass is 10.1. The van der Waals surface area contributed by atoms with E-state index in [0.717, 1.165) is 5.56 Å². The van der Waals surface area contributed by atoms with E-state index < -0.39 is 0 Å². The molecule has 0 saturated carbocycles. The van der Waals surface area contributed by atoms with Crippen molar-refractivity contribution in [2.24, 2.45) is 0 Å². The van der Waals surface area contributed by atoms with Crippen LogP contribution in [0.2, 0.25) is 0 Å². The number of carbonyl (C=O) groups is 1. The van der Waals surface area contributed by atoms with Crippen LogP contribution >= 0.6 is 0 Å². The zero-order valence-corrected chi connectivity index (χ0v) is 8.46. The number of benzene rings is 1. The Balaban J connectivity index is 3.10. The molecule has 4 nitrogen and oxygen atoms in total. The third-order valence-electron chi connectivity index (χ3n) is 1.88. The van der Waals surface area contributed by atoms with Gasteiger partial charge < -0.3 is 4.74 Å². The molecule has 0 aromatic heterocycles. The Hall–Kier alpha value is -1.55. The summed E-state index contributed by atoms with van der Waals surface area (Å²) in [6.07, 6.45) is 0. The summed E-state index contributed by atoms with van der Waals surface area (Å²) in [4.78, 5) is 16.1. The fraction of sp³-hybridized carbons (Fsp3) is 0.300. The van der Waals surface area contributed by atoms with Gasteiger partial charge in [0, 0.05) is 0 Å². The van der Waals surface area contributed by atoms with Gasteiger partial charge in [0.1, 0.15) is 5.75 Å². The molecule has 14 heavy (non-hydrogen) atoms. The Morgan fingerprint density at radius 1 is 1.36 bits per heavy atom. The predicted molar refractivity (Wildman–Crippen MR) is 52.2 cm³/mol. The van der Waals surface area contributed by atoms with Gasteiger partial charge in [0.15, 0.2) is 0 Å². The van der Waals surface area contributed by atoms with Crippen LogP contribution in [0, 0.1) is 6.92 Å². The van der Waals surface area contributed by atoms with E-state index in [0.29, 0.717) is 11.3 Å². The molecule has 0 heterocycles. The third kappa shape index (κ3) is 2.03. The van der Waals surface area contributed by atoms with Crippen molar-refractivity contribution in [2.75, 3.05) is 14.2 Å². The molecule has 1 aromatic rings. The number of amides is 1. The number of hydrogen-bond acceptors (Lipinski definition) is 3. The quantitative estimate of drug-likeness (QED) is 0.739. The van der Waals surface area contributed by atoms with Crippen LogP contribution in [0.15, 0.2) is 18.2 Å². The van der Waals surface area contributed by atoms with Gasteiger partial charge in [-0.15, -0.1) is 0 Å². The number of rotatable bonds is 3. The topological polar surface area (TPSA) is 47.6 Å². The van der Waals surface area contributed by atoms with Crippen molar-refractivity contribution in [2.45, 2.75) is 6.92 Å². The molecule has 1 N–H and O–H groups in total. The van der Waals surface area contributed by atoms with Crippen LogP contribution in [0.5, 0.6) is 5.75 Å². The summed E-state index contributed by atoms with van der Waals surface area (Å²) in [5.74, 6) is 0.238. The molecule has 0 aliphatic heterocycles. The van der Waals surface area contributed by atoms with Crippen LogP contribution in [0.1, 0.15) is 15.9 Å². The van der Waals surface area contributed by atoms with E-state index in [4.69, 9.17) is 4.74 Å². The molecule has 0 fully saturated rings. The Labute approximate surface area is 82.8 Å². The van der Waals surface area contributed by atoms with E-state index in [-0.39, 0.29) is 5.91 Å². The molecule has 0 aliphatic carbocycles. The second-order valence-corrected chi connectivity index (χ2v) is 2.79. The van der Waals surface area contributed by atoms with Crippen molar-refractivity contribution in [3.8, 4) is 5.75 Å². The number of methoxy groups -OCH3 is 1. The fourth-order valence-corrected chi connectivity index (χ4v) is 1.25. The van der Waals surface area contributed by atoms with Gasteiger partial charge in [0.2, 0.25) is 0 Å². The Bertz CT molecular complexity index is 336. The fourth-order valence-electron chi connectivity index (χ4n) is 1.25. The molecule has 0 spiro atoms. The first kappa shape index (κ1) is 10.5. The summed E-state index contributed by atoms with van der Waals surface area (Å²) in [5.41, 5.74) is 3.60. The number of aryl methyl sites for hydroxylation is 1. The first-order valence-electron chi connectivity index (χ1n) is 4.17. The Kier molecular flexibility index (Phi) is 3.48. The van der Waals surface area contributed by atoms with Gasteiger partial charge in [0.05, 0.1) is 19.8 Å². The number of carbonyl (C=O) groups excluding carboxylic acids is 1. The molecule has 4 heteroatoms. The maximum atomic E-state index is 11.5. The number of nitrogens with one attached hydrogen (secondary N) is 1. The van der Waals surface area contributed by atoms with Gasteiger partial charge in [0.25, 0.3) is 5.91 Å². The van der Waals surface area contributed by atoms with E-state index in [2.05, 4.69) is 10.3 Å². The van der Waals surface area contributed by atoms with Gasteiger partial charge in [-0.05, 0) is 18.6 Å². The smallest absolute Gasteiger partial charge is 0.278 e. The second kappa shape index (κ2) is 4.62. The Morgan fingerprint density at radius 2 is 2.07 bits per heavy atom. The average Bonchev–Trinajstić information content (AvgIpc) is 2.17. The molecule has 0 bridgehead atoms. The van der Waals surface area contributed by atoms with Gasteiger partial charge >= 0.3 is 0 Å². The van der Waals surface area contributed by atoms with Crippen LogP contribution in [-0.2, 0) is 4.84 Å². The van der Waals surface area contributed by atoms with E-state index in [9.17, 15) is 4.79 Å². The lowest BCUT2D eigenvalue weighted by Crippen LogP contribution is -2.23. The zero-order valence-electron chi connectivity index (χ0n) is 8.46. The summed E-state index contributed by atoms with van der Waals surface area (Å²) >= 11 is 0. The van der Waals surface area contributed by atoms with Gasteiger partial charge in [-0.3, -0.25) is 9.63 Å². The minimum atomic E-state index is -0.303. The highest BCUT2D eigenvalue weighted by atomic mass is 16.6. The number of hydroxylamine groups is 1. The summed E-state index contributed by atoms with van der Waals surface area (Å²) in [6.45, 7) is 1.84. The van der Waals surface area contributed by atoms with Crippen molar-refractivity contribution < 1.29 is 14.4 Å². The molecule has 1 amide bonds. The molecule has 0 unspecified atom stereocenters. The van der Waals surface area contributed by atoms with Crippen LogP contribution in [0.3, 0.4) is 0 Å². The minimum absolute atomic E-state index is 0.303. The number of hydrogen-bond donors (Lipinski definition) is 1. The molecule has 76 valence electrons. The molecule has 1 aromatic carbocycles. The minimum Gasteiger partial charge on any atom is -0.496 e. The van der Waals surface area contributed by atoms with Crippen molar-refractivity contribution >= 4 is 5.91 Å². The van der Waals surface area contributed by atoms with E-state index >= 15 is 0 Å². The molecular formula is C10H13NO3. The average molecular weight is 195 g/mol. The summed E-state index contributed by atoms with van der Waals surface area (Å²) < 4.78 is 5.08. The molecule has 0 aliphatic rings. The Morgan fingerprint density at radius 3 is 2.64 bits per heavy atom. The monoisotopic (exact) mass is 195 g/mol. The molecule has 0 radical (unpaired) electrons. The first-order valence-corrected chi connectivity index (χ1v) is 4.17. The highest BCUT2D eigenvalue weighted by Gasteiger charge is 2.14. The van der Waals surface area contributed by atoms with E-state index in [1.165, 1.54) is 14.2 Å². The first-order chi connectivity index (χ1) is 6.70. The molecule has 0 saturated heterocycles. The van der Waals surface area contributed by atoms with Crippen LogP contribution in [0.4, 0.5) is 0 Å². The van der Waals surface area contributed by atoms with Gasteiger partial charge in [-0.25, -0.2) is 5.48 Å². The molecular weight excluding hydrogens is 182 g/mol. The van der Waals surface area contributed by atoms with Gasteiger partial charge in [-0.2, -0.15) is 0 Å². The normalized spacial score (nSPS) is 9.64. The maximum absolute atomic E-state index is 11.5. The zero-order chi connectivity index (χ0) is 10.6. The van der Waals surface area contributed by atoms with Crippen LogP contribution < -0.4 is 10.2 Å². The SMILES string of the molecule is CONC(=O)c1c(C)cccc1OC. The summed E-state index contributed by atoms with van der Waals surface area (Å²) in [6, 6.07) is 5.41. The standard InChI is InChI=1S/C10H13NO3/c1-7-5-4-6-8(13-2)9(7)10(12)11-14-3/h4-6H,1-3H3,(H,11,12). The third-order valence-corrected chi connectivity index (χ3v) is 1.88. The van der Waals surface area contributed by atoms with E-state index in [1.807, 2.05) is 19.1 Å². The molecule has 1 rings (SSSR count). The van der Waals surface area contributed by atoms with Crippen LogP contribution in [0.25, 0.3) is 0 Å². The molecule has 0 atom stereocenters. The predicted octanol–water partition coefficient (Wildman–Crippen LogP) is 1.29. The van der Waals surface area contributed by atoms with Gasteiger partial charge in [-0.1, -0.05) is 12.1 Å². The van der Waals surface area contributed by atoms with Crippen molar-refractivity contribution in [1.82, 2.24) is 5.48 Å².